The third kappa shape index (κ3) is 4.53. The number of carbonyl (C=O) groups is 1. The molecule has 0 aliphatic heterocycles. The van der Waals surface area contributed by atoms with Crippen molar-refractivity contribution in [3.05, 3.63) is 35.9 Å². The van der Waals surface area contributed by atoms with Crippen LogP contribution in [0, 0.1) is 0 Å². The Hall–Kier alpha value is -2.27. The van der Waals surface area contributed by atoms with Gasteiger partial charge >= 0.3 is 0 Å². The van der Waals surface area contributed by atoms with E-state index in [1.54, 1.807) is 7.11 Å². The average molecular weight is 370 g/mol. The lowest BCUT2D eigenvalue weighted by molar-refractivity contribution is 0.0950. The van der Waals surface area contributed by atoms with E-state index in [-0.39, 0.29) is 5.91 Å². The molecule has 0 spiro atoms. The fourth-order valence-electron chi connectivity index (χ4n) is 3.94. The van der Waals surface area contributed by atoms with Crippen LogP contribution in [-0.2, 0) is 0 Å². The molecule has 1 amide bonds. The summed E-state index contributed by atoms with van der Waals surface area (Å²) in [6, 6.07) is 10.6. The van der Waals surface area contributed by atoms with Crippen LogP contribution in [0.2, 0.25) is 0 Å². The number of benzene rings is 2. The molecule has 3 rings (SSSR count). The van der Waals surface area contributed by atoms with Gasteiger partial charge in [-0.15, -0.1) is 0 Å². The number of fused-ring (bicyclic) bond motifs is 1. The summed E-state index contributed by atoms with van der Waals surface area (Å²) in [6.07, 6.45) is 6.47. The van der Waals surface area contributed by atoms with E-state index in [2.05, 4.69) is 16.7 Å². The molecule has 0 radical (unpaired) electrons. The zero-order valence-corrected chi connectivity index (χ0v) is 16.7. The van der Waals surface area contributed by atoms with E-state index < -0.39 is 0 Å². The minimum absolute atomic E-state index is 0.0915. The molecule has 0 aromatic heterocycles. The maximum atomic E-state index is 12.9. The Balaban J connectivity index is 1.73. The first kappa shape index (κ1) is 19.5. The lowest BCUT2D eigenvalue weighted by atomic mass is 9.95. The molecule has 0 heterocycles. The predicted molar refractivity (Wildman–Crippen MR) is 112 cm³/mol. The first-order valence-electron chi connectivity index (χ1n) is 9.90. The van der Waals surface area contributed by atoms with Crippen LogP contribution in [0.25, 0.3) is 10.8 Å². The second kappa shape index (κ2) is 9.09. The molecule has 1 aliphatic rings. The number of amides is 1. The summed E-state index contributed by atoms with van der Waals surface area (Å²) in [5, 5.41) is 8.64. The molecular weight excluding hydrogens is 338 g/mol. The van der Waals surface area contributed by atoms with Crippen LogP contribution in [0.4, 0.5) is 5.69 Å². The summed E-state index contributed by atoms with van der Waals surface area (Å²) >= 11 is 0. The molecule has 2 N–H and O–H groups in total. The third-order valence-corrected chi connectivity index (χ3v) is 5.35. The number of anilines is 1. The van der Waals surface area contributed by atoms with Crippen molar-refractivity contribution in [2.45, 2.75) is 38.1 Å². The summed E-state index contributed by atoms with van der Waals surface area (Å²) in [5.74, 6) is 0.542. The van der Waals surface area contributed by atoms with E-state index >= 15 is 0 Å². The lowest BCUT2D eigenvalue weighted by Gasteiger charge is -2.23. The standard InChI is InChI=1S/C22H31N3O2/c1-25(2)20-15-19(21(27-3)18-12-8-7-11-17(18)20)22(26)24-14-13-23-16-9-5-4-6-10-16/h7-8,11-12,15-16,23H,4-6,9-10,13-14H2,1-3H3,(H,24,26). The molecule has 1 saturated carbocycles. The first-order valence-corrected chi connectivity index (χ1v) is 9.90. The fraction of sp³-hybridized carbons (Fsp3) is 0.500. The quantitative estimate of drug-likeness (QED) is 0.733. The van der Waals surface area contributed by atoms with Crippen molar-refractivity contribution >= 4 is 22.4 Å². The number of carbonyl (C=O) groups excluding carboxylic acids is 1. The van der Waals surface area contributed by atoms with Gasteiger partial charge in [-0.05, 0) is 18.9 Å². The summed E-state index contributed by atoms with van der Waals surface area (Å²) in [6.45, 7) is 1.41. The SMILES string of the molecule is COc1c(C(=O)NCCNC2CCCCC2)cc(N(C)C)c2ccccc12. The minimum atomic E-state index is -0.0915. The second-order valence-electron chi connectivity index (χ2n) is 7.46. The van der Waals surface area contributed by atoms with Crippen LogP contribution in [0.1, 0.15) is 42.5 Å². The predicted octanol–water partition coefficient (Wildman–Crippen LogP) is 3.57. The Kier molecular flexibility index (Phi) is 6.56. The molecule has 0 unspecified atom stereocenters. The second-order valence-corrected chi connectivity index (χ2v) is 7.46. The molecule has 146 valence electrons. The molecule has 5 heteroatoms. The van der Waals surface area contributed by atoms with E-state index in [0.29, 0.717) is 23.9 Å². The van der Waals surface area contributed by atoms with Gasteiger partial charge in [0.25, 0.3) is 5.91 Å². The van der Waals surface area contributed by atoms with Crippen LogP contribution >= 0.6 is 0 Å². The van der Waals surface area contributed by atoms with E-state index in [4.69, 9.17) is 4.74 Å². The Bertz CT molecular complexity index is 782. The molecule has 0 saturated heterocycles. The summed E-state index contributed by atoms with van der Waals surface area (Å²) in [4.78, 5) is 14.9. The van der Waals surface area contributed by atoms with E-state index in [0.717, 1.165) is 23.0 Å². The number of hydrogen-bond donors (Lipinski definition) is 2. The maximum absolute atomic E-state index is 12.9. The molecule has 1 fully saturated rings. The van der Waals surface area contributed by atoms with Gasteiger partial charge in [0.15, 0.2) is 0 Å². The van der Waals surface area contributed by atoms with Gasteiger partial charge in [-0.1, -0.05) is 43.5 Å². The Morgan fingerprint density at radius 1 is 1.11 bits per heavy atom. The highest BCUT2D eigenvalue weighted by molar-refractivity contribution is 6.08. The Labute approximate surface area is 162 Å². The normalized spacial score (nSPS) is 14.9. The van der Waals surface area contributed by atoms with Crippen LogP contribution in [-0.4, -0.2) is 46.2 Å². The van der Waals surface area contributed by atoms with Crippen molar-refractivity contribution in [2.75, 3.05) is 39.2 Å². The van der Waals surface area contributed by atoms with E-state index in [1.165, 1.54) is 32.1 Å². The van der Waals surface area contributed by atoms with Crippen LogP contribution < -0.4 is 20.3 Å². The molecule has 2 aromatic carbocycles. The zero-order valence-electron chi connectivity index (χ0n) is 16.7. The molecule has 5 nitrogen and oxygen atoms in total. The molecule has 0 bridgehead atoms. The van der Waals surface area contributed by atoms with Gasteiger partial charge in [-0.25, -0.2) is 0 Å². The van der Waals surface area contributed by atoms with Gasteiger partial charge in [0.1, 0.15) is 5.75 Å². The number of ether oxygens (including phenoxy) is 1. The van der Waals surface area contributed by atoms with Gasteiger partial charge in [-0.3, -0.25) is 4.79 Å². The van der Waals surface area contributed by atoms with Crippen molar-refractivity contribution in [1.29, 1.82) is 0 Å². The molecular formula is C22H31N3O2. The average Bonchev–Trinajstić information content (AvgIpc) is 2.70. The summed E-state index contributed by atoms with van der Waals surface area (Å²) < 4.78 is 5.62. The number of rotatable bonds is 7. The van der Waals surface area contributed by atoms with Gasteiger partial charge in [0.2, 0.25) is 0 Å². The first-order chi connectivity index (χ1) is 13.1. The van der Waals surface area contributed by atoms with Gasteiger partial charge in [-0.2, -0.15) is 0 Å². The highest BCUT2D eigenvalue weighted by Crippen LogP contribution is 2.36. The van der Waals surface area contributed by atoms with Crippen molar-refractivity contribution in [1.82, 2.24) is 10.6 Å². The molecule has 1 aliphatic carbocycles. The fourth-order valence-corrected chi connectivity index (χ4v) is 3.94. The molecule has 27 heavy (non-hydrogen) atoms. The van der Waals surface area contributed by atoms with Gasteiger partial charge < -0.3 is 20.3 Å². The number of nitrogens with zero attached hydrogens (tertiary/aromatic N) is 1. The Morgan fingerprint density at radius 3 is 2.48 bits per heavy atom. The maximum Gasteiger partial charge on any atom is 0.255 e. The van der Waals surface area contributed by atoms with Crippen LogP contribution in [0.3, 0.4) is 0 Å². The minimum Gasteiger partial charge on any atom is -0.495 e. The number of nitrogens with one attached hydrogen (secondary N) is 2. The van der Waals surface area contributed by atoms with Crippen molar-refractivity contribution in [3.8, 4) is 5.75 Å². The van der Waals surface area contributed by atoms with Crippen molar-refractivity contribution in [2.24, 2.45) is 0 Å². The molecule has 0 atom stereocenters. The van der Waals surface area contributed by atoms with Gasteiger partial charge in [0.05, 0.1) is 12.7 Å². The van der Waals surface area contributed by atoms with Crippen LogP contribution in [0.5, 0.6) is 5.75 Å². The zero-order chi connectivity index (χ0) is 19.2. The topological polar surface area (TPSA) is 53.6 Å². The molecule has 2 aromatic rings. The van der Waals surface area contributed by atoms with E-state index in [9.17, 15) is 4.79 Å². The van der Waals surface area contributed by atoms with Gasteiger partial charge in [0, 0.05) is 49.7 Å². The summed E-state index contributed by atoms with van der Waals surface area (Å²) in [7, 11) is 5.60. The summed E-state index contributed by atoms with van der Waals surface area (Å²) in [5.41, 5.74) is 1.59. The number of hydrogen-bond acceptors (Lipinski definition) is 4. The van der Waals surface area contributed by atoms with Crippen LogP contribution in [0.15, 0.2) is 30.3 Å². The number of methoxy groups -OCH3 is 1. The lowest BCUT2D eigenvalue weighted by Crippen LogP contribution is -2.38. The highest BCUT2D eigenvalue weighted by Gasteiger charge is 2.19. The van der Waals surface area contributed by atoms with Crippen molar-refractivity contribution < 1.29 is 9.53 Å². The van der Waals surface area contributed by atoms with Crippen molar-refractivity contribution in [3.63, 3.8) is 0 Å². The largest absolute Gasteiger partial charge is 0.495 e. The highest BCUT2D eigenvalue weighted by atomic mass is 16.5. The van der Waals surface area contributed by atoms with E-state index in [1.807, 2.05) is 43.3 Å². The third-order valence-electron chi connectivity index (χ3n) is 5.35. The smallest absolute Gasteiger partial charge is 0.255 e. The Morgan fingerprint density at radius 2 is 1.81 bits per heavy atom. The monoisotopic (exact) mass is 369 g/mol.